The van der Waals surface area contributed by atoms with Crippen LogP contribution in [0.25, 0.3) is 0 Å². The summed E-state index contributed by atoms with van der Waals surface area (Å²) >= 11 is 0. The molecule has 0 saturated carbocycles. The highest BCUT2D eigenvalue weighted by Crippen LogP contribution is 2.30. The fraction of sp³-hybridized carbons (Fsp3) is 0.657. The van der Waals surface area contributed by atoms with Crippen molar-refractivity contribution in [2.24, 2.45) is 17.8 Å². The number of hydrogen-bond donors (Lipinski definition) is 6. The van der Waals surface area contributed by atoms with E-state index in [0.29, 0.717) is 5.56 Å². The number of rotatable bonds is 21. The van der Waals surface area contributed by atoms with Gasteiger partial charge >= 0.3 is 5.97 Å². The van der Waals surface area contributed by atoms with Crippen LogP contribution >= 0.6 is 0 Å². The minimum Gasteiger partial charge on any atom is -0.463 e. The topological polar surface area (TPSA) is 228 Å². The standard InChI is InChI=1S/C35H54N4O12/c1-20(2)27(42)9-11-48-12-10-29(43)36-16-31(45)39-33(21(3)4)34(46)37-17-30(44)38-26-8-7-23(19-49-35(47)22(5)6)13-28(26)51-32-15-24(41)14-25(18-40)50-32/h7-8,13,20-22,24-25,32-33,40-41H,9-12,14-19H2,1-6H3,(H,36,43)(H,37,46)(H,38,44)(H,39,45). The van der Waals surface area contributed by atoms with Gasteiger partial charge in [0.05, 0.1) is 56.7 Å². The molecule has 286 valence electrons. The van der Waals surface area contributed by atoms with Gasteiger partial charge in [-0.3, -0.25) is 28.8 Å². The molecule has 1 aliphatic heterocycles. The van der Waals surface area contributed by atoms with Gasteiger partial charge in [0.25, 0.3) is 0 Å². The third-order valence-corrected chi connectivity index (χ3v) is 7.72. The number of anilines is 1. The minimum absolute atomic E-state index is 0.00770. The molecule has 0 bridgehead atoms. The van der Waals surface area contributed by atoms with Crippen LogP contribution in [0.4, 0.5) is 5.69 Å². The Morgan fingerprint density at radius 2 is 1.57 bits per heavy atom. The maximum absolute atomic E-state index is 13.0. The van der Waals surface area contributed by atoms with Gasteiger partial charge in [-0.2, -0.15) is 0 Å². The zero-order chi connectivity index (χ0) is 38.1. The van der Waals surface area contributed by atoms with Gasteiger partial charge in [-0.15, -0.1) is 0 Å². The van der Waals surface area contributed by atoms with Gasteiger partial charge < -0.3 is 50.4 Å². The number of Topliss-reactive ketones (excluding diaryl/α,β-unsaturated/α-hetero) is 1. The van der Waals surface area contributed by atoms with E-state index in [1.807, 2.05) is 0 Å². The maximum atomic E-state index is 13.0. The summed E-state index contributed by atoms with van der Waals surface area (Å²) in [5, 5.41) is 30.0. The number of carbonyl (C=O) groups excluding carboxylic acids is 6. The summed E-state index contributed by atoms with van der Waals surface area (Å²) in [6, 6.07) is 3.69. The number of carbonyl (C=O) groups is 6. The molecule has 6 N–H and O–H groups in total. The first-order valence-electron chi connectivity index (χ1n) is 17.2. The lowest BCUT2D eigenvalue weighted by molar-refractivity contribution is -0.184. The second-order valence-corrected chi connectivity index (χ2v) is 13.3. The molecule has 0 radical (unpaired) electrons. The van der Waals surface area contributed by atoms with Crippen molar-refractivity contribution in [3.8, 4) is 5.75 Å². The monoisotopic (exact) mass is 722 g/mol. The SMILES string of the molecule is CC(C)C(=O)CCOCCC(=O)NCC(=O)NC(C(=O)NCC(=O)Nc1ccc(COC(=O)C(C)C)cc1OC1CC(O)CC(CO)O1)C(C)C. The second kappa shape index (κ2) is 22.0. The predicted molar refractivity (Wildman–Crippen MR) is 184 cm³/mol. The molecular formula is C35H54N4O12. The Kier molecular flexibility index (Phi) is 18.5. The van der Waals surface area contributed by atoms with Crippen molar-refractivity contribution in [1.82, 2.24) is 16.0 Å². The Balaban J connectivity index is 1.94. The molecule has 1 aliphatic rings. The van der Waals surface area contributed by atoms with Crippen molar-refractivity contribution in [2.45, 2.75) is 98.4 Å². The lowest BCUT2D eigenvalue weighted by atomic mass is 10.0. The lowest BCUT2D eigenvalue weighted by Gasteiger charge is -2.32. The van der Waals surface area contributed by atoms with Gasteiger partial charge in [-0.1, -0.05) is 47.6 Å². The first-order valence-corrected chi connectivity index (χ1v) is 17.2. The third-order valence-electron chi connectivity index (χ3n) is 7.72. The molecule has 4 amide bonds. The molecule has 1 saturated heterocycles. The fourth-order valence-corrected chi connectivity index (χ4v) is 4.69. The van der Waals surface area contributed by atoms with Crippen LogP contribution in [0.15, 0.2) is 18.2 Å². The van der Waals surface area contributed by atoms with Gasteiger partial charge in [0.15, 0.2) is 0 Å². The number of ether oxygens (including phenoxy) is 4. The average Bonchev–Trinajstić information content (AvgIpc) is 3.07. The Hall–Kier alpha value is -4.12. The summed E-state index contributed by atoms with van der Waals surface area (Å²) in [6.07, 6.45) is -1.79. The van der Waals surface area contributed by atoms with Crippen LogP contribution in [0.1, 0.15) is 72.8 Å². The molecule has 51 heavy (non-hydrogen) atoms. The van der Waals surface area contributed by atoms with Gasteiger partial charge in [-0.05, 0) is 23.6 Å². The van der Waals surface area contributed by atoms with Gasteiger partial charge in [-0.25, -0.2) is 0 Å². The molecule has 0 aliphatic carbocycles. The zero-order valence-electron chi connectivity index (χ0n) is 30.3. The van der Waals surface area contributed by atoms with E-state index in [1.54, 1.807) is 53.7 Å². The molecule has 2 rings (SSSR count). The van der Waals surface area contributed by atoms with E-state index in [1.165, 1.54) is 6.07 Å². The molecule has 0 aromatic heterocycles. The summed E-state index contributed by atoms with van der Waals surface area (Å²) in [6.45, 7) is 9.50. The van der Waals surface area contributed by atoms with Crippen LogP contribution in [-0.2, 0) is 49.6 Å². The number of hydrogen-bond acceptors (Lipinski definition) is 12. The third kappa shape index (κ3) is 16.2. The number of amides is 4. The van der Waals surface area contributed by atoms with E-state index >= 15 is 0 Å². The number of esters is 1. The normalized spacial score (nSPS) is 17.8. The smallest absolute Gasteiger partial charge is 0.308 e. The highest BCUT2D eigenvalue weighted by molar-refractivity contribution is 5.97. The molecule has 16 nitrogen and oxygen atoms in total. The van der Waals surface area contributed by atoms with Crippen LogP contribution in [0.3, 0.4) is 0 Å². The first-order chi connectivity index (χ1) is 24.1. The van der Waals surface area contributed by atoms with Gasteiger partial charge in [0.2, 0.25) is 29.9 Å². The summed E-state index contributed by atoms with van der Waals surface area (Å²) in [5.41, 5.74) is 0.756. The molecule has 1 aromatic carbocycles. The number of nitrogens with one attached hydrogen (secondary N) is 4. The highest BCUT2D eigenvalue weighted by Gasteiger charge is 2.30. The van der Waals surface area contributed by atoms with E-state index in [4.69, 9.17) is 18.9 Å². The summed E-state index contributed by atoms with van der Waals surface area (Å²) in [5.74, 6) is -3.25. The second-order valence-electron chi connectivity index (χ2n) is 13.3. The van der Waals surface area contributed by atoms with Crippen LogP contribution < -0.4 is 26.0 Å². The average molecular weight is 723 g/mol. The molecule has 1 fully saturated rings. The molecule has 4 atom stereocenters. The predicted octanol–water partition coefficient (Wildman–Crippen LogP) is 0.957. The van der Waals surface area contributed by atoms with Crippen LogP contribution in [0.2, 0.25) is 0 Å². The number of benzene rings is 1. The van der Waals surface area contributed by atoms with Crippen molar-refractivity contribution in [1.29, 1.82) is 0 Å². The molecule has 16 heteroatoms. The van der Waals surface area contributed by atoms with Gasteiger partial charge in [0, 0.05) is 31.6 Å². The van der Waals surface area contributed by atoms with Crippen LogP contribution in [-0.4, -0.2) is 103 Å². The summed E-state index contributed by atoms with van der Waals surface area (Å²) < 4.78 is 22.3. The fourth-order valence-electron chi connectivity index (χ4n) is 4.69. The molecule has 0 spiro atoms. The molecular weight excluding hydrogens is 668 g/mol. The van der Waals surface area contributed by atoms with E-state index in [-0.39, 0.29) is 93.6 Å². The van der Waals surface area contributed by atoms with Gasteiger partial charge in [0.1, 0.15) is 24.2 Å². The van der Waals surface area contributed by atoms with Crippen molar-refractivity contribution in [3.05, 3.63) is 23.8 Å². The van der Waals surface area contributed by atoms with E-state index in [2.05, 4.69) is 21.3 Å². The largest absolute Gasteiger partial charge is 0.463 e. The van der Waals surface area contributed by atoms with Crippen molar-refractivity contribution in [2.75, 3.05) is 38.2 Å². The Morgan fingerprint density at radius 1 is 0.882 bits per heavy atom. The van der Waals surface area contributed by atoms with Crippen LogP contribution in [0, 0.1) is 17.8 Å². The van der Waals surface area contributed by atoms with Crippen molar-refractivity contribution >= 4 is 41.1 Å². The summed E-state index contributed by atoms with van der Waals surface area (Å²) in [4.78, 5) is 74.2. The number of ketones is 1. The summed E-state index contributed by atoms with van der Waals surface area (Å²) in [7, 11) is 0. The molecule has 4 unspecified atom stereocenters. The highest BCUT2D eigenvalue weighted by atomic mass is 16.7. The maximum Gasteiger partial charge on any atom is 0.308 e. The Morgan fingerprint density at radius 3 is 2.22 bits per heavy atom. The lowest BCUT2D eigenvalue weighted by Crippen LogP contribution is -2.52. The Bertz CT molecular complexity index is 1340. The van der Waals surface area contributed by atoms with E-state index < -0.39 is 60.7 Å². The van der Waals surface area contributed by atoms with E-state index in [9.17, 15) is 39.0 Å². The minimum atomic E-state index is -1.01. The number of aliphatic hydroxyl groups excluding tert-OH is 2. The van der Waals surface area contributed by atoms with Crippen molar-refractivity contribution < 1.29 is 57.9 Å². The number of aliphatic hydroxyl groups is 2. The van der Waals surface area contributed by atoms with Crippen LogP contribution in [0.5, 0.6) is 5.75 Å². The molecule has 1 aromatic rings. The quantitative estimate of drug-likeness (QED) is 0.0771. The Labute approximate surface area is 298 Å². The molecule has 1 heterocycles. The van der Waals surface area contributed by atoms with E-state index in [0.717, 1.165) is 0 Å². The first kappa shape index (κ1) is 43.0. The zero-order valence-corrected chi connectivity index (χ0v) is 30.3. The van der Waals surface area contributed by atoms with Crippen molar-refractivity contribution in [3.63, 3.8) is 0 Å².